The van der Waals surface area contributed by atoms with Crippen molar-refractivity contribution < 1.29 is 23.5 Å². The van der Waals surface area contributed by atoms with E-state index < -0.39 is 11.9 Å². The number of anilines is 1. The number of thiophene rings is 1. The highest BCUT2D eigenvalue weighted by Crippen LogP contribution is 2.27. The minimum atomic E-state index is -0.490. The van der Waals surface area contributed by atoms with Gasteiger partial charge < -0.3 is 20.2 Å². The summed E-state index contributed by atoms with van der Waals surface area (Å²) in [6.07, 6.45) is 1.59. The third-order valence-corrected chi connectivity index (χ3v) is 5.58. The number of furan rings is 1. The molecule has 0 aliphatic carbocycles. The quantitative estimate of drug-likeness (QED) is 0.355. The fourth-order valence-electron chi connectivity index (χ4n) is 2.48. The highest BCUT2D eigenvalue weighted by Gasteiger charge is 2.19. The van der Waals surface area contributed by atoms with E-state index in [0.29, 0.717) is 27.3 Å². The zero-order valence-electron chi connectivity index (χ0n) is 16.0. The topological polar surface area (TPSA) is 142 Å². The number of hydrogen-bond donors (Lipinski definition) is 2. The predicted molar refractivity (Wildman–Crippen MR) is 111 cm³/mol. The number of carbonyl (C=O) groups excluding carboxylic acids is 3. The number of aromatic nitrogens is 3. The number of hydrogen-bond acceptors (Lipinski definition) is 9. The van der Waals surface area contributed by atoms with Crippen LogP contribution in [0.5, 0.6) is 0 Å². The zero-order chi connectivity index (χ0) is 21.5. The van der Waals surface area contributed by atoms with E-state index in [2.05, 4.69) is 15.5 Å². The van der Waals surface area contributed by atoms with Crippen LogP contribution in [-0.2, 0) is 20.9 Å². The highest BCUT2D eigenvalue weighted by atomic mass is 32.2. The van der Waals surface area contributed by atoms with Gasteiger partial charge in [0.05, 0.1) is 24.2 Å². The summed E-state index contributed by atoms with van der Waals surface area (Å²) in [5.41, 5.74) is 5.57. The summed E-state index contributed by atoms with van der Waals surface area (Å²) in [4.78, 5) is 35.6. The summed E-state index contributed by atoms with van der Waals surface area (Å²) < 4.78 is 12.0. The molecule has 10 nitrogen and oxygen atoms in total. The first-order valence-electron chi connectivity index (χ1n) is 8.92. The molecule has 3 aromatic heterocycles. The molecule has 0 radical (unpaired) electrons. The van der Waals surface area contributed by atoms with Crippen LogP contribution in [-0.4, -0.2) is 44.9 Å². The van der Waals surface area contributed by atoms with Gasteiger partial charge in [0.25, 0.3) is 0 Å². The Hall–Kier alpha value is -3.12. The Bertz CT molecular complexity index is 1030. The molecular formula is C18H19N5O5S2. The smallest absolute Gasteiger partial charge is 0.341 e. The number of nitrogens with two attached hydrogens (primary N) is 1. The largest absolute Gasteiger partial charge is 0.462 e. The highest BCUT2D eigenvalue weighted by molar-refractivity contribution is 7.99. The summed E-state index contributed by atoms with van der Waals surface area (Å²) in [5.74, 6) is -0.333. The average molecular weight is 450 g/mol. The molecule has 0 bridgehead atoms. The van der Waals surface area contributed by atoms with E-state index >= 15 is 0 Å². The van der Waals surface area contributed by atoms with Gasteiger partial charge in [-0.05, 0) is 30.5 Å². The molecule has 0 aliphatic heterocycles. The molecule has 3 rings (SSSR count). The molecule has 0 fully saturated rings. The van der Waals surface area contributed by atoms with Crippen LogP contribution in [0.1, 0.15) is 23.7 Å². The number of thioether (sulfide) groups is 1. The molecule has 3 aromatic rings. The van der Waals surface area contributed by atoms with Gasteiger partial charge in [0.2, 0.25) is 11.8 Å². The summed E-state index contributed by atoms with van der Waals surface area (Å²) in [5, 5.41) is 13.5. The number of nitrogens with zero attached hydrogens (tertiary/aromatic N) is 3. The zero-order valence-corrected chi connectivity index (χ0v) is 17.6. The van der Waals surface area contributed by atoms with Crippen molar-refractivity contribution in [2.45, 2.75) is 25.0 Å². The molecule has 0 spiro atoms. The van der Waals surface area contributed by atoms with Gasteiger partial charge >= 0.3 is 5.97 Å². The first kappa shape index (κ1) is 21.6. The lowest BCUT2D eigenvalue weighted by atomic mass is 10.3. The molecule has 0 aliphatic rings. The molecule has 0 saturated carbocycles. The van der Waals surface area contributed by atoms with Crippen LogP contribution in [0, 0.1) is 0 Å². The van der Waals surface area contributed by atoms with E-state index in [0.717, 1.165) is 11.8 Å². The van der Waals surface area contributed by atoms with Crippen molar-refractivity contribution in [2.24, 2.45) is 5.73 Å². The fraction of sp³-hybridized carbons (Fsp3) is 0.278. The van der Waals surface area contributed by atoms with E-state index in [1.165, 1.54) is 17.6 Å². The monoisotopic (exact) mass is 449 g/mol. The normalized spacial score (nSPS) is 10.7. The van der Waals surface area contributed by atoms with Gasteiger partial charge in [-0.2, -0.15) is 0 Å². The number of carbonyl (C=O) groups is 3. The van der Waals surface area contributed by atoms with Crippen LogP contribution in [0.25, 0.3) is 11.6 Å². The van der Waals surface area contributed by atoms with Crippen LogP contribution in [0.3, 0.4) is 0 Å². The first-order valence-corrected chi connectivity index (χ1v) is 10.8. The fourth-order valence-corrected chi connectivity index (χ4v) is 4.03. The van der Waals surface area contributed by atoms with E-state index in [-0.39, 0.29) is 31.2 Å². The van der Waals surface area contributed by atoms with Crippen molar-refractivity contribution in [2.75, 3.05) is 17.7 Å². The van der Waals surface area contributed by atoms with Crippen molar-refractivity contribution in [3.05, 3.63) is 35.4 Å². The summed E-state index contributed by atoms with van der Waals surface area (Å²) in [6.45, 7) is 2.21. The summed E-state index contributed by atoms with van der Waals surface area (Å²) in [7, 11) is 0. The first-order chi connectivity index (χ1) is 14.5. The van der Waals surface area contributed by atoms with Gasteiger partial charge in [-0.15, -0.1) is 21.5 Å². The second-order valence-electron chi connectivity index (χ2n) is 5.87. The molecule has 0 unspecified atom stereocenters. The minimum Gasteiger partial charge on any atom is -0.462 e. The van der Waals surface area contributed by atoms with Crippen LogP contribution in [0.4, 0.5) is 5.00 Å². The van der Waals surface area contributed by atoms with Gasteiger partial charge in [0.15, 0.2) is 16.7 Å². The van der Waals surface area contributed by atoms with Crippen molar-refractivity contribution in [1.29, 1.82) is 0 Å². The number of primary amides is 1. The number of ether oxygens (including phenoxy) is 1. The predicted octanol–water partition coefficient (Wildman–Crippen LogP) is 2.38. The van der Waals surface area contributed by atoms with Gasteiger partial charge in [0, 0.05) is 13.0 Å². The van der Waals surface area contributed by atoms with Crippen LogP contribution in [0.2, 0.25) is 0 Å². The van der Waals surface area contributed by atoms with Crippen LogP contribution >= 0.6 is 23.1 Å². The Balaban J connectivity index is 1.68. The van der Waals surface area contributed by atoms with Crippen LogP contribution in [0.15, 0.2) is 39.4 Å². The van der Waals surface area contributed by atoms with Crippen molar-refractivity contribution in [3.8, 4) is 11.6 Å². The molecule has 0 saturated heterocycles. The summed E-state index contributed by atoms with van der Waals surface area (Å²) >= 11 is 2.37. The van der Waals surface area contributed by atoms with E-state index in [1.54, 1.807) is 35.1 Å². The molecule has 30 heavy (non-hydrogen) atoms. The second kappa shape index (κ2) is 10.1. The number of nitrogens with one attached hydrogen (secondary N) is 1. The van der Waals surface area contributed by atoms with Gasteiger partial charge in [-0.25, -0.2) is 4.79 Å². The molecule has 12 heteroatoms. The lowest BCUT2D eigenvalue weighted by Gasteiger charge is -2.08. The Labute approximate surface area is 179 Å². The number of rotatable bonds is 10. The van der Waals surface area contributed by atoms with Gasteiger partial charge in [0.1, 0.15) is 5.00 Å². The third kappa shape index (κ3) is 5.27. The van der Waals surface area contributed by atoms with E-state index in [4.69, 9.17) is 14.9 Å². The second-order valence-corrected chi connectivity index (χ2v) is 7.73. The SMILES string of the molecule is CCOC(=O)c1ccsc1NC(=O)CSc1nnc(-c2ccco2)n1CCC(N)=O. The van der Waals surface area contributed by atoms with Gasteiger partial charge in [-0.3, -0.25) is 14.2 Å². The number of amides is 2. The molecular weight excluding hydrogens is 430 g/mol. The summed E-state index contributed by atoms with van der Waals surface area (Å²) in [6, 6.07) is 5.03. The van der Waals surface area contributed by atoms with Gasteiger partial charge in [-0.1, -0.05) is 11.8 Å². The van der Waals surface area contributed by atoms with E-state index in [1.807, 2.05) is 0 Å². The Morgan fingerprint density at radius 1 is 1.33 bits per heavy atom. The number of esters is 1. The standard InChI is InChI=1S/C18H19N5O5S2/c1-2-27-17(26)11-6-9-29-16(11)20-14(25)10-30-18-22-21-15(12-4-3-8-28-12)23(18)7-5-13(19)24/h3-4,6,8-9H,2,5,7,10H2,1H3,(H2,19,24)(H,20,25). The van der Waals surface area contributed by atoms with Crippen molar-refractivity contribution in [1.82, 2.24) is 14.8 Å². The van der Waals surface area contributed by atoms with Crippen molar-refractivity contribution in [3.63, 3.8) is 0 Å². The minimum absolute atomic E-state index is 0.0209. The Kier molecular flexibility index (Phi) is 7.25. The molecule has 0 atom stereocenters. The lowest BCUT2D eigenvalue weighted by Crippen LogP contribution is -2.17. The Morgan fingerprint density at radius 2 is 2.17 bits per heavy atom. The van der Waals surface area contributed by atoms with E-state index in [9.17, 15) is 14.4 Å². The maximum Gasteiger partial charge on any atom is 0.341 e. The molecule has 3 heterocycles. The third-order valence-electron chi connectivity index (χ3n) is 3.79. The molecule has 0 aromatic carbocycles. The molecule has 2 amide bonds. The lowest BCUT2D eigenvalue weighted by molar-refractivity contribution is -0.118. The molecule has 158 valence electrons. The van der Waals surface area contributed by atoms with Crippen LogP contribution < -0.4 is 11.1 Å². The average Bonchev–Trinajstić information content (AvgIpc) is 3.45. The Morgan fingerprint density at radius 3 is 2.87 bits per heavy atom. The maximum atomic E-state index is 12.4. The maximum absolute atomic E-state index is 12.4. The molecule has 3 N–H and O–H groups in total. The van der Waals surface area contributed by atoms with Crippen molar-refractivity contribution >= 4 is 45.9 Å².